The van der Waals surface area contributed by atoms with E-state index in [1.165, 1.54) is 31.6 Å². The molecule has 0 aliphatic rings. The number of alkyl halides is 3. The highest BCUT2D eigenvalue weighted by atomic mass is 32.2. The Morgan fingerprint density at radius 2 is 1.86 bits per heavy atom. The third-order valence-corrected chi connectivity index (χ3v) is 5.31. The fourth-order valence-electron chi connectivity index (χ4n) is 2.49. The molecule has 2 N–H and O–H groups in total. The summed E-state index contributed by atoms with van der Waals surface area (Å²) >= 11 is 0. The molecule has 7 nitrogen and oxygen atoms in total. The molecule has 148 valence electrons. The van der Waals surface area contributed by atoms with Gasteiger partial charge in [0.05, 0.1) is 22.5 Å². The lowest BCUT2D eigenvalue weighted by Crippen LogP contribution is -2.18. The van der Waals surface area contributed by atoms with Crippen molar-refractivity contribution in [2.45, 2.75) is 11.1 Å². The summed E-state index contributed by atoms with van der Waals surface area (Å²) in [6.45, 7) is 0. The number of pyridine rings is 1. The summed E-state index contributed by atoms with van der Waals surface area (Å²) in [6, 6.07) is 5.93. The third kappa shape index (κ3) is 4.15. The monoisotopic (exact) mass is 411 g/mol. The van der Waals surface area contributed by atoms with E-state index in [4.69, 9.17) is 0 Å². The van der Waals surface area contributed by atoms with Crippen LogP contribution in [0, 0.1) is 0 Å². The first-order chi connectivity index (χ1) is 13.1. The molecule has 0 spiro atoms. The molecule has 0 saturated heterocycles. The van der Waals surface area contributed by atoms with Gasteiger partial charge < -0.3 is 9.88 Å². The Bertz CT molecular complexity index is 1110. The first kappa shape index (κ1) is 19.8. The van der Waals surface area contributed by atoms with E-state index in [9.17, 15) is 21.6 Å². The van der Waals surface area contributed by atoms with E-state index < -0.39 is 21.8 Å². The van der Waals surface area contributed by atoms with Gasteiger partial charge in [-0.05, 0) is 37.4 Å². The second-order valence-corrected chi connectivity index (χ2v) is 7.78. The van der Waals surface area contributed by atoms with Gasteiger partial charge in [0, 0.05) is 30.7 Å². The maximum Gasteiger partial charge on any atom is 0.416 e. The number of nitrogens with zero attached hydrogens (tertiary/aromatic N) is 3. The van der Waals surface area contributed by atoms with Gasteiger partial charge >= 0.3 is 6.18 Å². The van der Waals surface area contributed by atoms with Crippen LogP contribution < -0.4 is 10.0 Å². The number of rotatable bonds is 5. The zero-order chi connectivity index (χ0) is 20.5. The lowest BCUT2D eigenvalue weighted by molar-refractivity contribution is -0.137. The Kier molecular flexibility index (Phi) is 5.13. The third-order valence-electron chi connectivity index (χ3n) is 3.90. The first-order valence-electron chi connectivity index (χ1n) is 7.96. The first-order valence-corrected chi connectivity index (χ1v) is 9.44. The van der Waals surface area contributed by atoms with Crippen molar-refractivity contribution in [3.63, 3.8) is 0 Å². The molecular weight excluding hydrogens is 395 g/mol. The second kappa shape index (κ2) is 7.24. The topological polar surface area (TPSA) is 88.9 Å². The number of nitrogens with one attached hydrogen (secondary N) is 2. The molecule has 0 amide bonds. The number of imidazole rings is 1. The summed E-state index contributed by atoms with van der Waals surface area (Å²) in [5.74, 6) is -0.0313. The molecule has 3 rings (SSSR count). The molecule has 2 aromatic heterocycles. The molecule has 1 aromatic carbocycles. The Morgan fingerprint density at radius 3 is 2.46 bits per heavy atom. The predicted molar refractivity (Wildman–Crippen MR) is 97.4 cm³/mol. The SMILES string of the molecule is CNS(=O)(=O)c1ccc(Nc2cc(C(F)(F)F)ccn2)c(-c2cn(C)cn2)c1. The smallest absolute Gasteiger partial charge is 0.340 e. The maximum atomic E-state index is 12.9. The summed E-state index contributed by atoms with van der Waals surface area (Å²) < 4.78 is 66.9. The summed E-state index contributed by atoms with van der Waals surface area (Å²) in [4.78, 5) is 8.11. The Labute approximate surface area is 159 Å². The Balaban J connectivity index is 2.08. The summed E-state index contributed by atoms with van der Waals surface area (Å²) in [5, 5.41) is 2.81. The average molecular weight is 411 g/mol. The molecular formula is C17H16F3N5O2S. The van der Waals surface area contributed by atoms with E-state index in [2.05, 4.69) is 20.0 Å². The highest BCUT2D eigenvalue weighted by molar-refractivity contribution is 7.89. The van der Waals surface area contributed by atoms with Gasteiger partial charge in [-0.1, -0.05) is 0 Å². The maximum absolute atomic E-state index is 12.9. The molecule has 0 radical (unpaired) electrons. The van der Waals surface area contributed by atoms with E-state index in [1.807, 2.05) is 0 Å². The lowest BCUT2D eigenvalue weighted by atomic mass is 10.1. The van der Waals surface area contributed by atoms with Crippen molar-refractivity contribution >= 4 is 21.5 Å². The van der Waals surface area contributed by atoms with Gasteiger partial charge in [-0.15, -0.1) is 0 Å². The highest BCUT2D eigenvalue weighted by Gasteiger charge is 2.30. The Hall–Kier alpha value is -2.92. The van der Waals surface area contributed by atoms with Gasteiger partial charge in [-0.2, -0.15) is 13.2 Å². The van der Waals surface area contributed by atoms with Crippen molar-refractivity contribution in [2.24, 2.45) is 7.05 Å². The minimum absolute atomic E-state index is 0.00166. The highest BCUT2D eigenvalue weighted by Crippen LogP contribution is 2.33. The van der Waals surface area contributed by atoms with Crippen LogP contribution in [-0.2, 0) is 23.2 Å². The van der Waals surface area contributed by atoms with Gasteiger partial charge in [0.2, 0.25) is 10.0 Å². The van der Waals surface area contributed by atoms with Gasteiger partial charge in [0.25, 0.3) is 0 Å². The van der Waals surface area contributed by atoms with Crippen molar-refractivity contribution in [1.82, 2.24) is 19.3 Å². The van der Waals surface area contributed by atoms with Gasteiger partial charge in [0.1, 0.15) is 5.82 Å². The molecule has 11 heteroatoms. The van der Waals surface area contributed by atoms with Crippen molar-refractivity contribution in [2.75, 3.05) is 12.4 Å². The van der Waals surface area contributed by atoms with E-state index in [1.54, 1.807) is 17.8 Å². The van der Waals surface area contributed by atoms with E-state index in [0.29, 0.717) is 16.9 Å². The fourth-order valence-corrected chi connectivity index (χ4v) is 3.25. The minimum atomic E-state index is -4.51. The summed E-state index contributed by atoms with van der Waals surface area (Å²) in [7, 11) is -0.686. The normalized spacial score (nSPS) is 12.2. The number of benzene rings is 1. The van der Waals surface area contributed by atoms with Crippen LogP contribution in [0.15, 0.2) is 53.9 Å². The van der Waals surface area contributed by atoms with Gasteiger partial charge in [-0.3, -0.25) is 0 Å². The quantitative estimate of drug-likeness (QED) is 0.673. The van der Waals surface area contributed by atoms with Crippen LogP contribution in [0.3, 0.4) is 0 Å². The van der Waals surface area contributed by atoms with E-state index in [-0.39, 0.29) is 10.7 Å². The number of aryl methyl sites for hydroxylation is 1. The zero-order valence-corrected chi connectivity index (χ0v) is 15.6. The number of sulfonamides is 1. The molecule has 0 bridgehead atoms. The molecule has 0 fully saturated rings. The number of halogens is 3. The largest absolute Gasteiger partial charge is 0.416 e. The van der Waals surface area contributed by atoms with Crippen LogP contribution in [0.4, 0.5) is 24.7 Å². The van der Waals surface area contributed by atoms with Crippen molar-refractivity contribution in [3.8, 4) is 11.3 Å². The number of hydrogen-bond acceptors (Lipinski definition) is 5. The van der Waals surface area contributed by atoms with Crippen molar-refractivity contribution < 1.29 is 21.6 Å². The van der Waals surface area contributed by atoms with Crippen molar-refractivity contribution in [3.05, 3.63) is 54.6 Å². The van der Waals surface area contributed by atoms with Crippen LogP contribution >= 0.6 is 0 Å². The minimum Gasteiger partial charge on any atom is -0.340 e. The molecule has 0 saturated carbocycles. The van der Waals surface area contributed by atoms with Gasteiger partial charge in [-0.25, -0.2) is 23.1 Å². The van der Waals surface area contributed by atoms with E-state index in [0.717, 1.165) is 18.3 Å². The number of anilines is 2. The molecule has 28 heavy (non-hydrogen) atoms. The van der Waals surface area contributed by atoms with Crippen LogP contribution in [0.5, 0.6) is 0 Å². The van der Waals surface area contributed by atoms with E-state index >= 15 is 0 Å². The zero-order valence-electron chi connectivity index (χ0n) is 14.8. The van der Waals surface area contributed by atoms with Crippen LogP contribution in [0.1, 0.15) is 5.56 Å². The Morgan fingerprint density at radius 1 is 1.11 bits per heavy atom. The standard InChI is InChI=1S/C17H16F3N5O2S/c1-21-28(26,27)12-3-4-14(13(8-12)15-9-25(2)10-23-15)24-16-7-11(5-6-22-16)17(18,19)20/h3-10,21H,1-2H3,(H,22,24). The fraction of sp³-hybridized carbons (Fsp3) is 0.176. The van der Waals surface area contributed by atoms with Gasteiger partial charge in [0.15, 0.2) is 0 Å². The number of hydrogen-bond donors (Lipinski definition) is 2. The van der Waals surface area contributed by atoms with Crippen LogP contribution in [0.2, 0.25) is 0 Å². The molecule has 0 aliphatic carbocycles. The average Bonchev–Trinajstić information content (AvgIpc) is 3.07. The molecule has 0 atom stereocenters. The van der Waals surface area contributed by atoms with Crippen LogP contribution in [0.25, 0.3) is 11.3 Å². The second-order valence-electron chi connectivity index (χ2n) is 5.89. The van der Waals surface area contributed by atoms with Crippen LogP contribution in [-0.4, -0.2) is 30.0 Å². The lowest BCUT2D eigenvalue weighted by Gasteiger charge is -2.14. The predicted octanol–water partition coefficient (Wildman–Crippen LogP) is 3.15. The summed E-state index contributed by atoms with van der Waals surface area (Å²) in [6.07, 6.45) is -0.268. The number of aromatic nitrogens is 3. The molecule has 0 aliphatic heterocycles. The molecule has 0 unspecified atom stereocenters. The van der Waals surface area contributed by atoms with Crippen molar-refractivity contribution in [1.29, 1.82) is 0 Å². The molecule has 2 heterocycles. The molecule has 3 aromatic rings. The summed E-state index contributed by atoms with van der Waals surface area (Å²) in [5.41, 5.74) is 0.362.